The van der Waals surface area contributed by atoms with Crippen molar-refractivity contribution >= 4 is 34.8 Å². The molecule has 0 aliphatic rings. The number of esters is 2. The third kappa shape index (κ3) is 5.97. The number of aromatic nitrogens is 2. The van der Waals surface area contributed by atoms with E-state index in [9.17, 15) is 39.9 Å². The number of anilines is 1. The highest BCUT2D eigenvalue weighted by Gasteiger charge is 2.36. The van der Waals surface area contributed by atoms with E-state index in [-0.39, 0.29) is 64.0 Å². The van der Waals surface area contributed by atoms with E-state index >= 15 is 0 Å². The van der Waals surface area contributed by atoms with Crippen LogP contribution in [0.1, 0.15) is 34.6 Å². The number of pyridine rings is 1. The van der Waals surface area contributed by atoms with Gasteiger partial charge >= 0.3 is 17.6 Å². The molecule has 1 N–H and O–H groups in total. The Labute approximate surface area is 241 Å². The number of nitro benzene ring substituents is 2. The Kier molecular flexibility index (Phi) is 8.69. The molecule has 0 spiro atoms. The zero-order valence-electron chi connectivity index (χ0n) is 22.6. The van der Waals surface area contributed by atoms with Gasteiger partial charge in [-0.15, -0.1) is 0 Å². The van der Waals surface area contributed by atoms with E-state index in [2.05, 4.69) is 10.4 Å². The van der Waals surface area contributed by atoms with Crippen LogP contribution in [0.25, 0.3) is 22.5 Å². The van der Waals surface area contributed by atoms with E-state index in [1.54, 1.807) is 0 Å². The molecule has 0 aliphatic carbocycles. The van der Waals surface area contributed by atoms with E-state index in [0.717, 1.165) is 4.68 Å². The van der Waals surface area contributed by atoms with Gasteiger partial charge < -0.3 is 9.47 Å². The van der Waals surface area contributed by atoms with E-state index < -0.39 is 32.4 Å². The Morgan fingerprint density at radius 1 is 0.744 bits per heavy atom. The lowest BCUT2D eigenvalue weighted by molar-refractivity contribution is -0.385. The summed E-state index contributed by atoms with van der Waals surface area (Å²) >= 11 is 0. The predicted octanol–water partition coefficient (Wildman–Crippen LogP) is 5.17. The van der Waals surface area contributed by atoms with Crippen LogP contribution in [0.15, 0.2) is 66.9 Å². The zero-order valence-corrected chi connectivity index (χ0v) is 22.6. The zero-order chi connectivity index (χ0) is 31.3. The minimum absolute atomic E-state index is 0.0790. The summed E-state index contributed by atoms with van der Waals surface area (Å²) in [6, 6.07) is 12.4. The maximum absolute atomic E-state index is 13.5. The molecule has 2 heterocycles. The maximum Gasteiger partial charge on any atom is 0.341 e. The van der Waals surface area contributed by atoms with Gasteiger partial charge in [0.15, 0.2) is 0 Å². The number of carbonyl (C=O) groups excluding carboxylic acids is 2. The number of hydrogen-bond donors (Lipinski definition) is 1. The number of hydrogen-bond acceptors (Lipinski definition) is 12. The van der Waals surface area contributed by atoms with Crippen molar-refractivity contribution < 1.29 is 33.8 Å². The first-order valence-electron chi connectivity index (χ1n) is 12.6. The second-order valence-corrected chi connectivity index (χ2v) is 8.57. The molecule has 0 fully saturated rings. The molecule has 0 amide bonds. The minimum atomic E-state index is -0.974. The number of ether oxygens (including phenoxy) is 2. The molecule has 0 bridgehead atoms. The van der Waals surface area contributed by atoms with Crippen LogP contribution in [0.2, 0.25) is 0 Å². The lowest BCUT2D eigenvalue weighted by Gasteiger charge is -2.16. The van der Waals surface area contributed by atoms with Crippen LogP contribution in [-0.2, 0) is 9.47 Å². The van der Waals surface area contributed by atoms with Gasteiger partial charge in [0.05, 0.1) is 39.4 Å². The van der Waals surface area contributed by atoms with Crippen molar-refractivity contribution in [2.45, 2.75) is 13.8 Å². The number of non-ortho nitro benzene ring substituents is 2. The van der Waals surface area contributed by atoms with Gasteiger partial charge in [-0.1, -0.05) is 0 Å². The SMILES string of the molecule is CCOC(=O)c1c(C(=O)OCC)c(-c2ccc([N+](=O)[O-])cc2)n(Nc2ncccc2[N+](=O)[O-])c1-c1ccc([N+](=O)[O-])cc1. The summed E-state index contributed by atoms with van der Waals surface area (Å²) in [6.45, 7) is 2.88. The molecular formula is C27H22N6O10. The molecule has 16 nitrogen and oxygen atoms in total. The monoisotopic (exact) mass is 590 g/mol. The van der Waals surface area contributed by atoms with Crippen LogP contribution >= 0.6 is 0 Å². The van der Waals surface area contributed by atoms with Gasteiger partial charge in [0, 0.05) is 47.7 Å². The molecule has 4 rings (SSSR count). The third-order valence-corrected chi connectivity index (χ3v) is 6.03. The summed E-state index contributed by atoms with van der Waals surface area (Å²) < 4.78 is 11.7. The normalized spacial score (nSPS) is 10.6. The van der Waals surface area contributed by atoms with E-state index in [1.807, 2.05) is 0 Å². The average Bonchev–Trinajstić information content (AvgIpc) is 3.32. The first-order chi connectivity index (χ1) is 20.6. The van der Waals surface area contributed by atoms with Crippen LogP contribution in [-0.4, -0.2) is 49.6 Å². The largest absolute Gasteiger partial charge is 0.462 e. The number of nitrogens with one attached hydrogen (secondary N) is 1. The lowest BCUT2D eigenvalue weighted by Crippen LogP contribution is -2.16. The summed E-state index contributed by atoms with van der Waals surface area (Å²) in [7, 11) is 0. The second kappa shape index (κ2) is 12.5. The summed E-state index contributed by atoms with van der Waals surface area (Å²) in [5.74, 6) is -2.24. The number of carbonyl (C=O) groups is 2. The Hall–Kier alpha value is -6.19. The van der Waals surface area contributed by atoms with E-state index in [0.29, 0.717) is 0 Å². The molecular weight excluding hydrogens is 568 g/mol. The Morgan fingerprint density at radius 2 is 1.19 bits per heavy atom. The van der Waals surface area contributed by atoms with Crippen molar-refractivity contribution in [3.05, 3.63) is 108 Å². The van der Waals surface area contributed by atoms with Gasteiger partial charge in [-0.25, -0.2) is 14.6 Å². The van der Waals surface area contributed by atoms with Crippen molar-refractivity contribution in [3.63, 3.8) is 0 Å². The van der Waals surface area contributed by atoms with Gasteiger partial charge in [0.1, 0.15) is 11.1 Å². The van der Waals surface area contributed by atoms with Crippen LogP contribution < -0.4 is 5.43 Å². The van der Waals surface area contributed by atoms with Crippen LogP contribution in [0, 0.1) is 30.3 Å². The minimum Gasteiger partial charge on any atom is -0.462 e. The van der Waals surface area contributed by atoms with Crippen molar-refractivity contribution in [2.75, 3.05) is 18.6 Å². The standard InChI is InChI=1S/C27H22N6O10/c1-3-42-26(34)21-22(27(35)43-4-2)24(17-9-13-19(14-10-17)32(38)39)30(29-25-20(33(40)41)6-5-15-28-25)23(21)16-7-11-18(12-8-16)31(36)37/h5-15H,3-4H2,1-2H3,(H,28,29). The van der Waals surface area contributed by atoms with Crippen molar-refractivity contribution in [1.29, 1.82) is 0 Å². The Morgan fingerprint density at radius 3 is 1.56 bits per heavy atom. The maximum atomic E-state index is 13.5. The topological polar surface area (TPSA) is 212 Å². The Balaban J connectivity index is 2.17. The molecule has 16 heteroatoms. The number of nitro groups is 3. The van der Waals surface area contributed by atoms with Crippen molar-refractivity contribution in [3.8, 4) is 22.5 Å². The fraction of sp³-hybridized carbons (Fsp3) is 0.148. The third-order valence-electron chi connectivity index (χ3n) is 6.03. The van der Waals surface area contributed by atoms with Gasteiger partial charge in [-0.3, -0.25) is 40.4 Å². The number of nitrogens with zero attached hydrogens (tertiary/aromatic N) is 5. The molecule has 0 saturated heterocycles. The molecule has 0 saturated carbocycles. The van der Waals surface area contributed by atoms with Crippen molar-refractivity contribution in [2.24, 2.45) is 0 Å². The van der Waals surface area contributed by atoms with Crippen LogP contribution in [0.5, 0.6) is 0 Å². The van der Waals surface area contributed by atoms with Gasteiger partial charge in [0.25, 0.3) is 11.4 Å². The highest BCUT2D eigenvalue weighted by molar-refractivity contribution is 6.12. The van der Waals surface area contributed by atoms with Crippen molar-refractivity contribution in [1.82, 2.24) is 9.66 Å². The molecule has 43 heavy (non-hydrogen) atoms. The van der Waals surface area contributed by atoms with Crippen LogP contribution in [0.4, 0.5) is 22.9 Å². The fourth-order valence-electron chi connectivity index (χ4n) is 4.25. The van der Waals surface area contributed by atoms with E-state index in [4.69, 9.17) is 9.47 Å². The smallest absolute Gasteiger partial charge is 0.341 e. The summed E-state index contributed by atoms with van der Waals surface area (Å²) in [4.78, 5) is 63.6. The van der Waals surface area contributed by atoms with Gasteiger partial charge in [-0.05, 0) is 44.2 Å². The van der Waals surface area contributed by atoms with Gasteiger partial charge in [0.2, 0.25) is 5.82 Å². The molecule has 0 unspecified atom stereocenters. The van der Waals surface area contributed by atoms with Gasteiger partial charge in [-0.2, -0.15) is 0 Å². The first kappa shape index (κ1) is 29.8. The predicted molar refractivity (Wildman–Crippen MR) is 150 cm³/mol. The Bertz CT molecular complexity index is 1640. The molecule has 0 atom stereocenters. The quantitative estimate of drug-likeness (QED) is 0.136. The summed E-state index contributed by atoms with van der Waals surface area (Å²) in [5.41, 5.74) is 1.32. The number of benzene rings is 2. The molecule has 0 radical (unpaired) electrons. The summed E-state index contributed by atoms with van der Waals surface area (Å²) in [6.07, 6.45) is 1.27. The van der Waals surface area contributed by atoms with E-state index in [1.165, 1.54) is 80.7 Å². The fourth-order valence-corrected chi connectivity index (χ4v) is 4.25. The first-order valence-corrected chi connectivity index (χ1v) is 12.6. The highest BCUT2D eigenvalue weighted by Crippen LogP contribution is 2.40. The average molecular weight is 591 g/mol. The molecule has 0 aliphatic heterocycles. The van der Waals surface area contributed by atoms with Crippen LogP contribution in [0.3, 0.4) is 0 Å². The molecule has 4 aromatic rings. The second-order valence-electron chi connectivity index (χ2n) is 8.57. The molecule has 2 aromatic heterocycles. The number of rotatable bonds is 11. The molecule has 220 valence electrons. The lowest BCUT2D eigenvalue weighted by atomic mass is 10.0. The molecule has 2 aromatic carbocycles. The highest BCUT2D eigenvalue weighted by atomic mass is 16.6. The summed E-state index contributed by atoms with van der Waals surface area (Å²) in [5, 5.41) is 34.5.